The van der Waals surface area contributed by atoms with E-state index < -0.39 is 17.7 Å². The fraction of sp³-hybridized carbons (Fsp3) is 0.273. The Kier molecular flexibility index (Phi) is 5.75. The van der Waals surface area contributed by atoms with Crippen LogP contribution in [0.5, 0.6) is 0 Å². The number of anilines is 1. The molecule has 0 saturated carbocycles. The molecule has 2 aliphatic heterocycles. The van der Waals surface area contributed by atoms with Gasteiger partial charge in [0.25, 0.3) is 5.95 Å². The number of carbonyl (C=O) groups excluding carboxylic acids is 1. The van der Waals surface area contributed by atoms with Crippen molar-refractivity contribution in [3.8, 4) is 5.69 Å². The highest BCUT2D eigenvalue weighted by Crippen LogP contribution is 2.38. The van der Waals surface area contributed by atoms with E-state index >= 15 is 0 Å². The second-order valence-electron chi connectivity index (χ2n) is 7.90. The average molecular weight is 507 g/mol. The van der Waals surface area contributed by atoms with Crippen LogP contribution in [0.15, 0.2) is 35.3 Å². The van der Waals surface area contributed by atoms with Gasteiger partial charge in [0.2, 0.25) is 0 Å². The normalized spacial score (nSPS) is 17.4. The Bertz CT molecular complexity index is 1320. The van der Waals surface area contributed by atoms with Crippen LogP contribution in [0.4, 0.5) is 19.5 Å². The number of hydrogen-bond donors (Lipinski definition) is 1. The minimum atomic E-state index is -0.794. The second-order valence-corrected chi connectivity index (χ2v) is 8.69. The van der Waals surface area contributed by atoms with Gasteiger partial charge in [-0.25, -0.2) is 18.3 Å². The van der Waals surface area contributed by atoms with E-state index in [9.17, 15) is 13.6 Å². The number of aromatic nitrogens is 3. The predicted molar refractivity (Wildman–Crippen MR) is 123 cm³/mol. The Hall–Kier alpha value is -3.08. The van der Waals surface area contributed by atoms with Gasteiger partial charge >= 0.3 is 6.03 Å². The zero-order valence-corrected chi connectivity index (χ0v) is 19.5. The third kappa shape index (κ3) is 3.71. The lowest BCUT2D eigenvalue weighted by Crippen LogP contribution is -2.55. The molecule has 2 amide bonds. The first kappa shape index (κ1) is 22.7. The number of rotatable bonds is 3. The largest absolute Gasteiger partial charge is 0.378 e. The zero-order valence-electron chi connectivity index (χ0n) is 18.0. The highest BCUT2D eigenvalue weighted by molar-refractivity contribution is 6.45. The summed E-state index contributed by atoms with van der Waals surface area (Å²) in [5.41, 5.74) is 0.239. The van der Waals surface area contributed by atoms with Gasteiger partial charge in [-0.3, -0.25) is 10.3 Å². The Morgan fingerprint density at radius 3 is 2.53 bits per heavy atom. The molecule has 2 aromatic carbocycles. The molecule has 1 aromatic heterocycles. The van der Waals surface area contributed by atoms with Crippen LogP contribution < -0.4 is 5.32 Å². The molecule has 2 aliphatic rings. The molecule has 0 unspecified atom stereocenters. The van der Waals surface area contributed by atoms with Gasteiger partial charge in [-0.15, -0.1) is 5.10 Å². The van der Waals surface area contributed by atoms with Crippen molar-refractivity contribution in [2.45, 2.75) is 19.1 Å². The molecule has 0 spiro atoms. The molecule has 5 rings (SSSR count). The second kappa shape index (κ2) is 8.61. The number of halogens is 4. The van der Waals surface area contributed by atoms with Crippen LogP contribution in [-0.2, 0) is 4.74 Å². The quantitative estimate of drug-likeness (QED) is 0.561. The standard InChI is InChI=1S/C22H18Cl2F2N6O2/c1-10-20-28-21(29-22(33)31-8-11(9-31)34-2)30-32(20)15-7-6-12(23)18(24)17(15)19(27-10)16-13(25)4-3-5-14(16)26/h3-7,10-11H,8-9H2,1-2H3,(H,29,30,33)/t10-/m0/s1. The van der Waals surface area contributed by atoms with Crippen molar-refractivity contribution in [3.63, 3.8) is 0 Å². The number of urea groups is 1. The van der Waals surface area contributed by atoms with Crippen molar-refractivity contribution in [2.75, 3.05) is 25.5 Å². The number of amides is 2. The number of fused-ring (bicyclic) bond motifs is 3. The van der Waals surface area contributed by atoms with Crippen LogP contribution in [0.2, 0.25) is 10.0 Å². The zero-order chi connectivity index (χ0) is 24.1. The number of carbonyl (C=O) groups is 1. The molecule has 34 heavy (non-hydrogen) atoms. The fourth-order valence-corrected chi connectivity index (χ4v) is 4.33. The summed E-state index contributed by atoms with van der Waals surface area (Å²) in [4.78, 5) is 23.0. The Morgan fingerprint density at radius 1 is 1.15 bits per heavy atom. The van der Waals surface area contributed by atoms with Crippen LogP contribution in [-0.4, -0.2) is 57.7 Å². The van der Waals surface area contributed by atoms with Crippen LogP contribution >= 0.6 is 23.2 Å². The molecule has 176 valence electrons. The molecule has 1 atom stereocenters. The maximum absolute atomic E-state index is 14.8. The molecule has 0 bridgehead atoms. The summed E-state index contributed by atoms with van der Waals surface area (Å²) >= 11 is 12.8. The summed E-state index contributed by atoms with van der Waals surface area (Å²) in [6.07, 6.45) is 0.00255. The van der Waals surface area contributed by atoms with Gasteiger partial charge in [0.15, 0.2) is 5.82 Å². The molecule has 0 radical (unpaired) electrons. The van der Waals surface area contributed by atoms with Crippen molar-refractivity contribution >= 4 is 40.9 Å². The maximum Gasteiger partial charge on any atom is 0.324 e. The van der Waals surface area contributed by atoms with Crippen LogP contribution in [0.1, 0.15) is 29.9 Å². The lowest BCUT2D eigenvalue weighted by molar-refractivity contribution is -0.00469. The number of likely N-dealkylation sites (tertiary alicyclic amines) is 1. The predicted octanol–water partition coefficient (Wildman–Crippen LogP) is 4.63. The van der Waals surface area contributed by atoms with Crippen LogP contribution in [0.3, 0.4) is 0 Å². The molecule has 1 saturated heterocycles. The van der Waals surface area contributed by atoms with E-state index in [1.807, 2.05) is 0 Å². The van der Waals surface area contributed by atoms with Crippen molar-refractivity contribution in [1.29, 1.82) is 0 Å². The highest BCUT2D eigenvalue weighted by Gasteiger charge is 2.33. The number of benzene rings is 2. The number of hydrogen-bond acceptors (Lipinski definition) is 5. The molecular formula is C22H18Cl2F2N6O2. The summed E-state index contributed by atoms with van der Waals surface area (Å²) in [5, 5.41) is 7.33. The van der Waals surface area contributed by atoms with E-state index in [0.29, 0.717) is 24.6 Å². The van der Waals surface area contributed by atoms with Crippen molar-refractivity contribution in [3.05, 3.63) is 69.0 Å². The first-order chi connectivity index (χ1) is 16.3. The first-order valence-corrected chi connectivity index (χ1v) is 11.1. The van der Waals surface area contributed by atoms with Crippen molar-refractivity contribution < 1.29 is 18.3 Å². The number of ether oxygens (including phenoxy) is 1. The third-order valence-electron chi connectivity index (χ3n) is 5.75. The van der Waals surface area contributed by atoms with Crippen molar-refractivity contribution in [2.24, 2.45) is 4.99 Å². The molecule has 8 nitrogen and oxygen atoms in total. The Balaban J connectivity index is 1.60. The summed E-state index contributed by atoms with van der Waals surface area (Å²) in [7, 11) is 1.59. The van der Waals surface area contributed by atoms with Crippen molar-refractivity contribution in [1.82, 2.24) is 19.7 Å². The van der Waals surface area contributed by atoms with Gasteiger partial charge in [0.1, 0.15) is 17.7 Å². The van der Waals surface area contributed by atoms with Gasteiger partial charge in [0.05, 0.1) is 46.2 Å². The first-order valence-electron chi connectivity index (χ1n) is 10.3. The van der Waals surface area contributed by atoms with Gasteiger partial charge in [-0.05, 0) is 31.2 Å². The van der Waals surface area contributed by atoms with E-state index in [-0.39, 0.29) is 45.0 Å². The van der Waals surface area contributed by atoms with E-state index in [1.165, 1.54) is 10.7 Å². The number of methoxy groups -OCH3 is 1. The maximum atomic E-state index is 14.8. The SMILES string of the molecule is COC1CN(C(=O)Nc2nc3n(n2)-c2ccc(Cl)c(Cl)c2C(c2c(F)cccc2F)=N[C@H]3C)C1. The van der Waals surface area contributed by atoms with E-state index in [0.717, 1.165) is 12.1 Å². The smallest absolute Gasteiger partial charge is 0.324 e. The number of nitrogens with one attached hydrogen (secondary N) is 1. The molecule has 3 aromatic rings. The summed E-state index contributed by atoms with van der Waals surface area (Å²) in [6.45, 7) is 2.63. The molecule has 3 heterocycles. The third-order valence-corrected chi connectivity index (χ3v) is 6.56. The van der Waals surface area contributed by atoms with Crippen LogP contribution in [0.25, 0.3) is 5.69 Å². The Morgan fingerprint density at radius 2 is 1.85 bits per heavy atom. The van der Waals surface area contributed by atoms with E-state index in [4.69, 9.17) is 27.9 Å². The molecule has 0 aliphatic carbocycles. The summed E-state index contributed by atoms with van der Waals surface area (Å²) < 4.78 is 36.1. The van der Waals surface area contributed by atoms with Crippen LogP contribution in [0, 0.1) is 11.6 Å². The minimum absolute atomic E-state index is 0.00255. The van der Waals surface area contributed by atoms with Gasteiger partial charge in [0, 0.05) is 12.7 Å². The monoisotopic (exact) mass is 506 g/mol. The summed E-state index contributed by atoms with van der Waals surface area (Å²) in [6, 6.07) is 5.65. The molecule has 12 heteroatoms. The average Bonchev–Trinajstić information content (AvgIpc) is 3.13. The van der Waals surface area contributed by atoms with Gasteiger partial charge in [-0.1, -0.05) is 29.3 Å². The molecule has 1 fully saturated rings. The van der Waals surface area contributed by atoms with Gasteiger partial charge in [-0.2, -0.15) is 4.98 Å². The lowest BCUT2D eigenvalue weighted by atomic mass is 9.99. The molecule has 1 N–H and O–H groups in total. The molecular weight excluding hydrogens is 489 g/mol. The van der Waals surface area contributed by atoms with E-state index in [1.54, 1.807) is 31.1 Å². The van der Waals surface area contributed by atoms with Gasteiger partial charge < -0.3 is 9.64 Å². The minimum Gasteiger partial charge on any atom is -0.378 e. The fourth-order valence-electron chi connectivity index (χ4n) is 3.92. The summed E-state index contributed by atoms with van der Waals surface area (Å²) in [5.74, 6) is -1.19. The van der Waals surface area contributed by atoms with E-state index in [2.05, 4.69) is 20.4 Å². The highest BCUT2D eigenvalue weighted by atomic mass is 35.5. The lowest BCUT2D eigenvalue weighted by Gasteiger charge is -2.37. The Labute approximate surface area is 203 Å². The topological polar surface area (TPSA) is 84.6 Å². The number of nitrogens with zero attached hydrogens (tertiary/aromatic N) is 5. The number of aliphatic imine (C=N–C) groups is 1.